The number of nitrogens with zero attached hydrogens (tertiary/aromatic N) is 2. The fourth-order valence-corrected chi connectivity index (χ4v) is 2.86. The van der Waals surface area contributed by atoms with Crippen molar-refractivity contribution < 1.29 is 4.57 Å². The monoisotopic (exact) mass is 251 g/mol. The summed E-state index contributed by atoms with van der Waals surface area (Å²) in [5.74, 6) is 1.28. The molecule has 0 saturated carbocycles. The highest BCUT2D eigenvalue weighted by atomic mass is 15.2. The number of benzene rings is 2. The van der Waals surface area contributed by atoms with Crippen molar-refractivity contribution in [2.75, 3.05) is 0 Å². The van der Waals surface area contributed by atoms with Gasteiger partial charge in [-0.05, 0) is 37.6 Å². The number of fused-ring (bicyclic) bond motifs is 1. The van der Waals surface area contributed by atoms with Gasteiger partial charge in [-0.3, -0.25) is 0 Å². The molecule has 1 aromatic heterocycles. The zero-order valence-electron chi connectivity index (χ0n) is 11.7. The van der Waals surface area contributed by atoms with Crippen molar-refractivity contribution in [2.45, 2.75) is 20.4 Å². The first-order valence-corrected chi connectivity index (χ1v) is 6.77. The molecule has 0 radical (unpaired) electrons. The Morgan fingerprint density at radius 1 is 1.00 bits per heavy atom. The van der Waals surface area contributed by atoms with Gasteiger partial charge >= 0.3 is 0 Å². The summed E-state index contributed by atoms with van der Waals surface area (Å²) >= 11 is 0. The van der Waals surface area contributed by atoms with Gasteiger partial charge in [0.15, 0.2) is 11.0 Å². The fourth-order valence-electron chi connectivity index (χ4n) is 2.86. The molecule has 0 aliphatic carbocycles. The minimum absolute atomic E-state index is 0.977. The molecule has 0 N–H and O–H groups in total. The summed E-state index contributed by atoms with van der Waals surface area (Å²) in [6, 6.07) is 17.2. The predicted molar refractivity (Wildman–Crippen MR) is 79.0 cm³/mol. The number of hydrogen-bond donors (Lipinski definition) is 0. The summed E-state index contributed by atoms with van der Waals surface area (Å²) in [5, 5.41) is 0. The van der Waals surface area contributed by atoms with Crippen LogP contribution in [0.1, 0.15) is 12.5 Å². The molecule has 0 spiro atoms. The van der Waals surface area contributed by atoms with Gasteiger partial charge in [-0.25, -0.2) is 9.13 Å². The molecule has 0 aliphatic rings. The Morgan fingerprint density at radius 3 is 2.42 bits per heavy atom. The van der Waals surface area contributed by atoms with Gasteiger partial charge in [0.1, 0.15) is 0 Å². The number of rotatable bonds is 2. The van der Waals surface area contributed by atoms with Crippen LogP contribution in [-0.2, 0) is 13.6 Å². The van der Waals surface area contributed by atoms with E-state index in [1.807, 2.05) is 0 Å². The van der Waals surface area contributed by atoms with E-state index in [2.05, 4.69) is 78.6 Å². The summed E-state index contributed by atoms with van der Waals surface area (Å²) < 4.78 is 4.68. The van der Waals surface area contributed by atoms with Gasteiger partial charge < -0.3 is 0 Å². The Hall–Kier alpha value is -2.09. The third-order valence-electron chi connectivity index (χ3n) is 3.81. The second-order valence-corrected chi connectivity index (χ2v) is 4.93. The summed E-state index contributed by atoms with van der Waals surface area (Å²) in [5.41, 5.74) is 5.20. The van der Waals surface area contributed by atoms with Crippen LogP contribution in [0.3, 0.4) is 0 Å². The quantitative estimate of drug-likeness (QED) is 0.617. The summed E-state index contributed by atoms with van der Waals surface area (Å²) in [7, 11) is 2.15. The molecule has 19 heavy (non-hydrogen) atoms. The molecule has 0 fully saturated rings. The van der Waals surface area contributed by atoms with Crippen molar-refractivity contribution in [1.82, 2.24) is 4.57 Å². The van der Waals surface area contributed by atoms with Crippen LogP contribution in [0, 0.1) is 6.92 Å². The average molecular weight is 251 g/mol. The zero-order valence-corrected chi connectivity index (χ0v) is 11.7. The van der Waals surface area contributed by atoms with Crippen molar-refractivity contribution in [1.29, 1.82) is 0 Å². The van der Waals surface area contributed by atoms with Gasteiger partial charge in [0.05, 0.1) is 19.2 Å². The molecular formula is C17H19N2+. The predicted octanol–water partition coefficient (Wildman–Crippen LogP) is 3.46. The first-order chi connectivity index (χ1) is 9.24. The Morgan fingerprint density at radius 2 is 1.68 bits per heavy atom. The summed E-state index contributed by atoms with van der Waals surface area (Å²) in [6.45, 7) is 5.35. The molecule has 0 unspecified atom stereocenters. The van der Waals surface area contributed by atoms with Gasteiger partial charge in [0.25, 0.3) is 5.82 Å². The van der Waals surface area contributed by atoms with Crippen molar-refractivity contribution in [3.05, 3.63) is 54.1 Å². The molecule has 3 rings (SSSR count). The molecule has 3 aromatic rings. The van der Waals surface area contributed by atoms with Crippen LogP contribution in [0.4, 0.5) is 0 Å². The van der Waals surface area contributed by atoms with E-state index in [4.69, 9.17) is 0 Å². The van der Waals surface area contributed by atoms with Gasteiger partial charge in [-0.15, -0.1) is 0 Å². The third kappa shape index (κ3) is 1.75. The lowest BCUT2D eigenvalue weighted by atomic mass is 10.1. The van der Waals surface area contributed by atoms with E-state index in [9.17, 15) is 0 Å². The lowest BCUT2D eigenvalue weighted by Gasteiger charge is -2.04. The van der Waals surface area contributed by atoms with Crippen molar-refractivity contribution in [2.24, 2.45) is 7.05 Å². The zero-order chi connectivity index (χ0) is 13.4. The Balaban J connectivity index is 2.41. The molecule has 0 bridgehead atoms. The van der Waals surface area contributed by atoms with Crippen LogP contribution < -0.4 is 4.57 Å². The average Bonchev–Trinajstić information content (AvgIpc) is 2.73. The molecule has 1 heterocycles. The molecule has 96 valence electrons. The van der Waals surface area contributed by atoms with Crippen molar-refractivity contribution in [3.8, 4) is 11.4 Å². The number of aromatic nitrogens is 2. The highest BCUT2D eigenvalue weighted by Crippen LogP contribution is 2.25. The largest absolute Gasteiger partial charge is 0.289 e. The smallest absolute Gasteiger partial charge is 0.226 e. The topological polar surface area (TPSA) is 8.81 Å². The van der Waals surface area contributed by atoms with Crippen molar-refractivity contribution >= 4 is 11.0 Å². The Kier molecular flexibility index (Phi) is 2.86. The van der Waals surface area contributed by atoms with Gasteiger partial charge in [0, 0.05) is 0 Å². The van der Waals surface area contributed by atoms with E-state index < -0.39 is 0 Å². The normalized spacial score (nSPS) is 11.1. The SMILES string of the molecule is CCn1c(-c2ccccc2C)[n+](C)c2ccccc21. The first kappa shape index (κ1) is 12.0. The molecule has 0 aliphatic heterocycles. The second kappa shape index (κ2) is 4.54. The lowest BCUT2D eigenvalue weighted by Crippen LogP contribution is -2.30. The molecule has 2 nitrogen and oxygen atoms in total. The number of imidazole rings is 1. The van der Waals surface area contributed by atoms with E-state index in [-0.39, 0.29) is 0 Å². The maximum atomic E-state index is 2.39. The van der Waals surface area contributed by atoms with Gasteiger partial charge in [-0.2, -0.15) is 0 Å². The highest BCUT2D eigenvalue weighted by Gasteiger charge is 2.23. The molecule has 0 saturated heterocycles. The summed E-state index contributed by atoms with van der Waals surface area (Å²) in [6.07, 6.45) is 0. The first-order valence-electron chi connectivity index (χ1n) is 6.77. The van der Waals surface area contributed by atoms with Crippen LogP contribution in [0.15, 0.2) is 48.5 Å². The third-order valence-corrected chi connectivity index (χ3v) is 3.81. The maximum absolute atomic E-state index is 2.39. The molecule has 0 atom stereocenters. The highest BCUT2D eigenvalue weighted by molar-refractivity contribution is 5.76. The molecule has 2 aromatic carbocycles. The number of aryl methyl sites for hydroxylation is 3. The van der Waals surface area contributed by atoms with Crippen LogP contribution in [0.2, 0.25) is 0 Å². The van der Waals surface area contributed by atoms with Crippen LogP contribution in [-0.4, -0.2) is 4.57 Å². The standard InChI is InChI=1S/C17H19N2/c1-4-19-16-12-8-7-11-15(16)18(3)17(19)14-10-6-5-9-13(14)2/h5-12H,4H2,1-3H3/q+1. The second-order valence-electron chi connectivity index (χ2n) is 4.93. The summed E-state index contributed by atoms with van der Waals surface area (Å²) in [4.78, 5) is 0. The molecular weight excluding hydrogens is 232 g/mol. The minimum Gasteiger partial charge on any atom is -0.226 e. The Bertz CT molecular complexity index is 738. The maximum Gasteiger partial charge on any atom is 0.289 e. The van der Waals surface area contributed by atoms with E-state index in [1.54, 1.807) is 0 Å². The fraction of sp³-hybridized carbons (Fsp3) is 0.235. The van der Waals surface area contributed by atoms with E-state index >= 15 is 0 Å². The van der Waals surface area contributed by atoms with Crippen LogP contribution >= 0.6 is 0 Å². The van der Waals surface area contributed by atoms with Gasteiger partial charge in [0.2, 0.25) is 0 Å². The van der Waals surface area contributed by atoms with Crippen molar-refractivity contribution in [3.63, 3.8) is 0 Å². The van der Waals surface area contributed by atoms with Gasteiger partial charge in [-0.1, -0.05) is 30.3 Å². The van der Waals surface area contributed by atoms with E-state index in [1.165, 1.54) is 28.0 Å². The van der Waals surface area contributed by atoms with E-state index in [0.29, 0.717) is 0 Å². The Labute approximate surface area is 113 Å². The number of hydrogen-bond acceptors (Lipinski definition) is 0. The number of para-hydroxylation sites is 2. The van der Waals surface area contributed by atoms with Crippen LogP contribution in [0.5, 0.6) is 0 Å². The molecule has 0 amide bonds. The minimum atomic E-state index is 0.977. The van der Waals surface area contributed by atoms with Crippen LogP contribution in [0.25, 0.3) is 22.4 Å². The molecule has 2 heteroatoms. The lowest BCUT2D eigenvalue weighted by molar-refractivity contribution is -0.634. The van der Waals surface area contributed by atoms with E-state index in [0.717, 1.165) is 6.54 Å².